The van der Waals surface area contributed by atoms with E-state index in [1.165, 1.54) is 89.9 Å². The number of unbranched alkanes of at least 4 members (excludes halogenated alkanes) is 15. The smallest absolute Gasteiger partial charge is 0.231 e. The van der Waals surface area contributed by atoms with Gasteiger partial charge in [0.05, 0.1) is 39.6 Å². The summed E-state index contributed by atoms with van der Waals surface area (Å²) >= 11 is 0. The van der Waals surface area contributed by atoms with Crippen molar-refractivity contribution in [3.63, 3.8) is 0 Å². The van der Waals surface area contributed by atoms with Gasteiger partial charge in [0.25, 0.3) is 0 Å². The number of fused-ring (bicyclic) bond motifs is 1. The molecule has 3 aromatic rings. The number of benzene rings is 2. The van der Waals surface area contributed by atoms with Crippen molar-refractivity contribution in [2.24, 2.45) is 0 Å². The average Bonchev–Trinajstić information content (AvgIpc) is 3.04. The highest BCUT2D eigenvalue weighted by molar-refractivity contribution is 5.87. The van der Waals surface area contributed by atoms with Crippen LogP contribution in [-0.2, 0) is 6.54 Å². The summed E-state index contributed by atoms with van der Waals surface area (Å²) in [5.41, 5.74) is 2.30. The Morgan fingerprint density at radius 3 is 1.65 bits per heavy atom. The van der Waals surface area contributed by atoms with Gasteiger partial charge in [0.1, 0.15) is 5.75 Å². The molecule has 43 heavy (non-hydrogen) atoms. The highest BCUT2D eigenvalue weighted by Gasteiger charge is 2.21. The third kappa shape index (κ3) is 9.94. The summed E-state index contributed by atoms with van der Waals surface area (Å²) in [6.07, 6.45) is 21.3. The molecule has 0 radical (unpaired) electrons. The number of aromatic nitrogens is 1. The van der Waals surface area contributed by atoms with Crippen molar-refractivity contribution >= 4 is 10.9 Å². The van der Waals surface area contributed by atoms with E-state index in [1.807, 2.05) is 36.4 Å². The van der Waals surface area contributed by atoms with Crippen LogP contribution in [-0.4, -0.2) is 33.0 Å². The van der Waals surface area contributed by atoms with Crippen molar-refractivity contribution in [3.05, 3.63) is 46.6 Å². The molecule has 0 aliphatic rings. The second kappa shape index (κ2) is 19.2. The van der Waals surface area contributed by atoms with Gasteiger partial charge < -0.3 is 23.5 Å². The number of nitrogens with zero attached hydrogens (tertiary/aromatic N) is 1. The van der Waals surface area contributed by atoms with E-state index < -0.39 is 0 Å². The molecule has 0 fully saturated rings. The van der Waals surface area contributed by atoms with Gasteiger partial charge in [0, 0.05) is 23.6 Å². The van der Waals surface area contributed by atoms with Crippen molar-refractivity contribution in [3.8, 4) is 34.3 Å². The van der Waals surface area contributed by atoms with Gasteiger partial charge in [0.2, 0.25) is 5.43 Å². The summed E-state index contributed by atoms with van der Waals surface area (Å²) in [5, 5.41) is 0.623. The molecule has 1 aromatic heterocycles. The number of pyridine rings is 1. The molecule has 0 saturated heterocycles. The molecule has 0 amide bonds. The molecule has 238 valence electrons. The van der Waals surface area contributed by atoms with Gasteiger partial charge in [-0.15, -0.1) is 0 Å². The standard InChI is InChI=1S/C37H55NO5/c1-6-7-8-9-10-11-12-13-14-15-16-17-18-19-20-21-26-38-32-28-30(40-2)23-24-31(32)36(39)37(43-5)35(38)29-22-25-33(41-3)34(27-29)42-4/h22-25,27-28H,6-21,26H2,1-5H3. The van der Waals surface area contributed by atoms with Crippen LogP contribution in [0.2, 0.25) is 0 Å². The highest BCUT2D eigenvalue weighted by atomic mass is 16.5. The van der Waals surface area contributed by atoms with Gasteiger partial charge >= 0.3 is 0 Å². The first kappa shape index (κ1) is 34.3. The van der Waals surface area contributed by atoms with E-state index in [0.29, 0.717) is 22.6 Å². The first-order chi connectivity index (χ1) is 21.1. The van der Waals surface area contributed by atoms with E-state index in [0.717, 1.165) is 41.9 Å². The van der Waals surface area contributed by atoms with Crippen LogP contribution in [0.25, 0.3) is 22.2 Å². The summed E-state index contributed by atoms with van der Waals surface area (Å²) in [5.74, 6) is 2.30. The molecule has 0 atom stereocenters. The minimum Gasteiger partial charge on any atom is -0.497 e. The second-order valence-electron chi connectivity index (χ2n) is 11.6. The zero-order valence-electron chi connectivity index (χ0n) is 27.5. The molecule has 0 spiro atoms. The predicted octanol–water partition coefficient (Wildman–Crippen LogP) is 9.96. The van der Waals surface area contributed by atoms with E-state index in [9.17, 15) is 4.79 Å². The fourth-order valence-electron chi connectivity index (χ4n) is 6.04. The molecule has 0 unspecified atom stereocenters. The van der Waals surface area contributed by atoms with Gasteiger partial charge in [-0.25, -0.2) is 0 Å². The Balaban J connectivity index is 1.61. The van der Waals surface area contributed by atoms with Crippen LogP contribution in [0, 0.1) is 0 Å². The van der Waals surface area contributed by atoms with Crippen molar-refractivity contribution in [2.75, 3.05) is 28.4 Å². The maximum Gasteiger partial charge on any atom is 0.231 e. The molecule has 6 heteroatoms. The minimum absolute atomic E-state index is 0.131. The van der Waals surface area contributed by atoms with Crippen molar-refractivity contribution in [1.29, 1.82) is 0 Å². The maximum absolute atomic E-state index is 13.6. The van der Waals surface area contributed by atoms with Gasteiger partial charge in [-0.05, 0) is 36.8 Å². The Bertz CT molecular complexity index is 1300. The molecule has 1 heterocycles. The van der Waals surface area contributed by atoms with E-state index >= 15 is 0 Å². The topological polar surface area (TPSA) is 58.9 Å². The summed E-state index contributed by atoms with van der Waals surface area (Å²) < 4.78 is 24.6. The maximum atomic E-state index is 13.6. The SMILES string of the molecule is CCCCCCCCCCCCCCCCCCn1c(-c2ccc(OC)c(OC)c2)c(OC)c(=O)c2ccc(OC)cc21. The second-order valence-corrected chi connectivity index (χ2v) is 11.6. The summed E-state index contributed by atoms with van der Waals surface area (Å²) in [4.78, 5) is 13.6. The van der Waals surface area contributed by atoms with Crippen molar-refractivity contribution in [1.82, 2.24) is 4.57 Å². The molecular formula is C37H55NO5. The number of rotatable bonds is 22. The molecule has 6 nitrogen and oxygen atoms in total. The molecule has 0 saturated carbocycles. The lowest BCUT2D eigenvalue weighted by molar-refractivity contribution is 0.355. The first-order valence-corrected chi connectivity index (χ1v) is 16.6. The molecule has 0 bridgehead atoms. The fourth-order valence-corrected chi connectivity index (χ4v) is 6.04. The highest BCUT2D eigenvalue weighted by Crippen LogP contribution is 2.37. The Morgan fingerprint density at radius 2 is 1.14 bits per heavy atom. The van der Waals surface area contributed by atoms with E-state index in [-0.39, 0.29) is 5.43 Å². The largest absolute Gasteiger partial charge is 0.497 e. The molecule has 3 rings (SSSR count). The quantitative estimate of drug-likeness (QED) is 0.109. The fraction of sp³-hybridized carbons (Fsp3) is 0.595. The van der Waals surface area contributed by atoms with Crippen molar-refractivity contribution < 1.29 is 18.9 Å². The third-order valence-electron chi connectivity index (χ3n) is 8.53. The average molecular weight is 594 g/mol. The monoisotopic (exact) mass is 593 g/mol. The van der Waals surface area contributed by atoms with Crippen LogP contribution in [0.1, 0.15) is 110 Å². The Hall–Kier alpha value is -3.15. The summed E-state index contributed by atoms with van der Waals surface area (Å²) in [7, 11) is 6.45. The van der Waals surface area contributed by atoms with Crippen LogP contribution in [0.15, 0.2) is 41.2 Å². The third-order valence-corrected chi connectivity index (χ3v) is 8.53. The van der Waals surface area contributed by atoms with Gasteiger partial charge in [-0.1, -0.05) is 103 Å². The van der Waals surface area contributed by atoms with E-state index in [1.54, 1.807) is 28.4 Å². The van der Waals surface area contributed by atoms with Crippen LogP contribution in [0.3, 0.4) is 0 Å². The lowest BCUT2D eigenvalue weighted by Gasteiger charge is -2.21. The van der Waals surface area contributed by atoms with Crippen LogP contribution in [0.4, 0.5) is 0 Å². The summed E-state index contributed by atoms with van der Waals surface area (Å²) in [6.45, 7) is 3.05. The van der Waals surface area contributed by atoms with Gasteiger partial charge in [0.15, 0.2) is 17.2 Å². The van der Waals surface area contributed by atoms with Crippen LogP contribution < -0.4 is 24.4 Å². The van der Waals surface area contributed by atoms with Crippen molar-refractivity contribution in [2.45, 2.75) is 116 Å². The normalized spacial score (nSPS) is 11.2. The lowest BCUT2D eigenvalue weighted by Crippen LogP contribution is -2.16. The molecule has 0 aliphatic carbocycles. The van der Waals surface area contributed by atoms with E-state index in [4.69, 9.17) is 18.9 Å². The van der Waals surface area contributed by atoms with Crippen LogP contribution in [0.5, 0.6) is 23.0 Å². The zero-order valence-corrected chi connectivity index (χ0v) is 27.5. The Morgan fingerprint density at radius 1 is 0.581 bits per heavy atom. The number of hydrogen-bond donors (Lipinski definition) is 0. The Labute approximate surface area is 259 Å². The minimum atomic E-state index is -0.131. The number of methoxy groups -OCH3 is 4. The molecule has 2 aromatic carbocycles. The lowest BCUT2D eigenvalue weighted by atomic mass is 10.0. The number of ether oxygens (including phenoxy) is 4. The van der Waals surface area contributed by atoms with Gasteiger partial charge in [-0.3, -0.25) is 4.79 Å². The van der Waals surface area contributed by atoms with Gasteiger partial charge in [-0.2, -0.15) is 0 Å². The predicted molar refractivity (Wildman–Crippen MR) is 179 cm³/mol. The molecule has 0 N–H and O–H groups in total. The summed E-state index contributed by atoms with van der Waals surface area (Å²) in [6, 6.07) is 11.3. The Kier molecular flexibility index (Phi) is 15.3. The molecule has 0 aliphatic heterocycles. The molecular weight excluding hydrogens is 538 g/mol. The van der Waals surface area contributed by atoms with Crippen LogP contribution >= 0.6 is 0 Å². The first-order valence-electron chi connectivity index (χ1n) is 16.6. The number of aryl methyl sites for hydroxylation is 1. The zero-order chi connectivity index (χ0) is 30.9. The number of hydrogen-bond acceptors (Lipinski definition) is 5. The van der Waals surface area contributed by atoms with E-state index in [2.05, 4.69) is 11.5 Å².